The van der Waals surface area contributed by atoms with Crippen LogP contribution in [-0.4, -0.2) is 48.7 Å². The number of hydrogen-bond acceptors (Lipinski definition) is 6. The van der Waals surface area contributed by atoms with Gasteiger partial charge in [0, 0.05) is 32.2 Å². The third kappa shape index (κ3) is 5.96. The van der Waals surface area contributed by atoms with Gasteiger partial charge >= 0.3 is 12.1 Å². The number of rotatable bonds is 4. The van der Waals surface area contributed by atoms with Crippen molar-refractivity contribution >= 4 is 12.1 Å². The summed E-state index contributed by atoms with van der Waals surface area (Å²) >= 11 is 0. The van der Waals surface area contributed by atoms with E-state index >= 15 is 0 Å². The molecule has 7 heteroatoms. The van der Waals surface area contributed by atoms with Gasteiger partial charge in [-0.15, -0.1) is 0 Å². The lowest BCUT2D eigenvalue weighted by Gasteiger charge is -2.26. The van der Waals surface area contributed by atoms with Crippen LogP contribution in [0.2, 0.25) is 0 Å². The Hall–Kier alpha value is -3.06. The van der Waals surface area contributed by atoms with Gasteiger partial charge in [-0.1, -0.05) is 18.2 Å². The molecule has 1 aliphatic rings. The van der Waals surface area contributed by atoms with Crippen LogP contribution in [0.15, 0.2) is 48.5 Å². The van der Waals surface area contributed by atoms with Crippen molar-refractivity contribution in [1.29, 1.82) is 0 Å². The molecule has 0 atom stereocenters. The van der Waals surface area contributed by atoms with Crippen molar-refractivity contribution in [2.24, 2.45) is 0 Å². The zero-order valence-corrected chi connectivity index (χ0v) is 16.9. The number of hydrogen-bond donors (Lipinski definition) is 1. The second-order valence-corrected chi connectivity index (χ2v) is 7.68. The van der Waals surface area contributed by atoms with E-state index in [4.69, 9.17) is 14.2 Å². The fourth-order valence-electron chi connectivity index (χ4n) is 2.78. The number of amides is 1. The quantitative estimate of drug-likeness (QED) is 0.789. The fraction of sp³-hybridized carbons (Fsp3) is 0.364. The van der Waals surface area contributed by atoms with Crippen molar-refractivity contribution in [3.63, 3.8) is 0 Å². The first-order valence-corrected chi connectivity index (χ1v) is 9.59. The van der Waals surface area contributed by atoms with Crippen molar-refractivity contribution in [3.8, 4) is 17.2 Å². The summed E-state index contributed by atoms with van der Waals surface area (Å²) < 4.78 is 16.9. The van der Waals surface area contributed by atoms with Crippen LogP contribution in [0.25, 0.3) is 0 Å². The Labute approximate surface area is 170 Å². The zero-order chi connectivity index (χ0) is 20.9. The molecule has 7 nitrogen and oxygen atoms in total. The van der Waals surface area contributed by atoms with E-state index in [0.29, 0.717) is 24.6 Å². The topological polar surface area (TPSA) is 77.1 Å². The number of carbonyl (C=O) groups excluding carboxylic acids is 2. The maximum atomic E-state index is 12.6. The number of esters is 1. The molecule has 0 aliphatic carbocycles. The summed E-state index contributed by atoms with van der Waals surface area (Å²) in [6.07, 6.45) is -0.429. The summed E-state index contributed by atoms with van der Waals surface area (Å²) in [6.45, 7) is 8.03. The molecule has 154 valence electrons. The van der Waals surface area contributed by atoms with Gasteiger partial charge in [-0.2, -0.15) is 0 Å². The molecule has 0 radical (unpaired) electrons. The standard InChI is InChI=1S/C22H26N2O5/c1-22(2,3)29-20(25)18-10-9-17(28-21(26)24-13-11-23-12-14-24)15-19(18)27-16-7-5-4-6-8-16/h4-10,15,23H,11-14H2,1-3H3. The van der Waals surface area contributed by atoms with Crippen molar-refractivity contribution in [2.75, 3.05) is 26.2 Å². The molecule has 1 saturated heterocycles. The summed E-state index contributed by atoms with van der Waals surface area (Å²) in [7, 11) is 0. The van der Waals surface area contributed by atoms with E-state index in [1.165, 1.54) is 6.07 Å². The van der Waals surface area contributed by atoms with Crippen LogP contribution < -0.4 is 14.8 Å². The van der Waals surface area contributed by atoms with Gasteiger partial charge in [-0.3, -0.25) is 0 Å². The van der Waals surface area contributed by atoms with Gasteiger partial charge in [0.1, 0.15) is 28.4 Å². The first-order chi connectivity index (χ1) is 13.8. The van der Waals surface area contributed by atoms with Crippen LogP contribution in [0.5, 0.6) is 17.2 Å². The first-order valence-electron chi connectivity index (χ1n) is 9.59. The molecule has 1 N–H and O–H groups in total. The van der Waals surface area contributed by atoms with Gasteiger partial charge in [-0.05, 0) is 45.0 Å². The lowest BCUT2D eigenvalue weighted by Crippen LogP contribution is -2.47. The second kappa shape index (κ2) is 8.96. The van der Waals surface area contributed by atoms with Crippen LogP contribution in [0, 0.1) is 0 Å². The Balaban J connectivity index is 1.84. The van der Waals surface area contributed by atoms with Gasteiger partial charge in [0.05, 0.1) is 0 Å². The fourth-order valence-corrected chi connectivity index (χ4v) is 2.78. The van der Waals surface area contributed by atoms with Gasteiger partial charge < -0.3 is 24.4 Å². The van der Waals surface area contributed by atoms with Gasteiger partial charge in [0.2, 0.25) is 0 Å². The summed E-state index contributed by atoms with van der Waals surface area (Å²) in [4.78, 5) is 26.6. The second-order valence-electron chi connectivity index (χ2n) is 7.68. The molecule has 0 unspecified atom stereocenters. The first kappa shape index (κ1) is 20.7. The lowest BCUT2D eigenvalue weighted by atomic mass is 10.1. The molecular weight excluding hydrogens is 372 g/mol. The molecular formula is C22H26N2O5. The number of piperazine rings is 1. The molecule has 1 heterocycles. The average Bonchev–Trinajstić information content (AvgIpc) is 2.68. The maximum absolute atomic E-state index is 12.6. The van der Waals surface area contributed by atoms with Crippen LogP contribution in [0.1, 0.15) is 31.1 Å². The van der Waals surface area contributed by atoms with Gasteiger partial charge in [0.15, 0.2) is 0 Å². The molecule has 2 aromatic rings. The predicted molar refractivity (Wildman–Crippen MR) is 109 cm³/mol. The monoisotopic (exact) mass is 398 g/mol. The molecule has 1 aliphatic heterocycles. The Bertz CT molecular complexity index is 855. The predicted octanol–water partition coefficient (Wildman–Crippen LogP) is 3.84. The van der Waals surface area contributed by atoms with Gasteiger partial charge in [0.25, 0.3) is 0 Å². The van der Waals surface area contributed by atoms with E-state index < -0.39 is 17.7 Å². The third-order valence-corrected chi connectivity index (χ3v) is 4.12. The van der Waals surface area contributed by atoms with E-state index in [1.807, 2.05) is 18.2 Å². The summed E-state index contributed by atoms with van der Waals surface area (Å²) in [5.41, 5.74) is -0.389. The minimum Gasteiger partial charge on any atom is -0.456 e. The lowest BCUT2D eigenvalue weighted by molar-refractivity contribution is 0.00672. The molecule has 0 spiro atoms. The maximum Gasteiger partial charge on any atom is 0.415 e. The summed E-state index contributed by atoms with van der Waals surface area (Å²) in [6, 6.07) is 13.7. The Morgan fingerprint density at radius 2 is 1.66 bits per heavy atom. The summed E-state index contributed by atoms with van der Waals surface area (Å²) in [5, 5.41) is 3.19. The number of nitrogens with zero attached hydrogens (tertiary/aromatic N) is 1. The normalized spacial score (nSPS) is 14.2. The average molecular weight is 398 g/mol. The van der Waals surface area contributed by atoms with Crippen LogP contribution in [-0.2, 0) is 4.74 Å². The minimum absolute atomic E-state index is 0.255. The molecule has 0 saturated carbocycles. The van der Waals surface area contributed by atoms with Crippen molar-refractivity contribution < 1.29 is 23.8 Å². The highest BCUT2D eigenvalue weighted by molar-refractivity contribution is 5.93. The van der Waals surface area contributed by atoms with Crippen LogP contribution in [0.3, 0.4) is 0 Å². The van der Waals surface area contributed by atoms with E-state index in [1.54, 1.807) is 49.9 Å². The zero-order valence-electron chi connectivity index (χ0n) is 16.9. The van der Waals surface area contributed by atoms with E-state index in [9.17, 15) is 9.59 Å². The molecule has 29 heavy (non-hydrogen) atoms. The number of benzene rings is 2. The molecule has 2 aromatic carbocycles. The molecule has 0 bridgehead atoms. The third-order valence-electron chi connectivity index (χ3n) is 4.12. The number of ether oxygens (including phenoxy) is 3. The molecule has 1 fully saturated rings. The molecule has 3 rings (SSSR count). The number of para-hydroxylation sites is 1. The highest BCUT2D eigenvalue weighted by Crippen LogP contribution is 2.31. The Kier molecular flexibility index (Phi) is 6.39. The Morgan fingerprint density at radius 1 is 0.966 bits per heavy atom. The highest BCUT2D eigenvalue weighted by atomic mass is 16.6. The van der Waals surface area contributed by atoms with Crippen LogP contribution in [0.4, 0.5) is 4.79 Å². The van der Waals surface area contributed by atoms with E-state index in [0.717, 1.165) is 13.1 Å². The number of nitrogens with one attached hydrogen (secondary N) is 1. The van der Waals surface area contributed by atoms with Crippen molar-refractivity contribution in [1.82, 2.24) is 10.2 Å². The SMILES string of the molecule is CC(C)(C)OC(=O)c1ccc(OC(=O)N2CCNCC2)cc1Oc1ccccc1. The summed E-state index contributed by atoms with van der Waals surface area (Å²) in [5.74, 6) is 0.606. The Morgan fingerprint density at radius 3 is 2.31 bits per heavy atom. The molecule has 1 amide bonds. The molecule has 0 aromatic heterocycles. The number of carbonyl (C=O) groups is 2. The highest BCUT2D eigenvalue weighted by Gasteiger charge is 2.23. The van der Waals surface area contributed by atoms with Crippen molar-refractivity contribution in [3.05, 3.63) is 54.1 Å². The minimum atomic E-state index is -0.644. The largest absolute Gasteiger partial charge is 0.456 e. The van der Waals surface area contributed by atoms with E-state index in [-0.39, 0.29) is 11.3 Å². The van der Waals surface area contributed by atoms with Crippen molar-refractivity contribution in [2.45, 2.75) is 26.4 Å². The van der Waals surface area contributed by atoms with E-state index in [2.05, 4.69) is 5.32 Å². The van der Waals surface area contributed by atoms with Crippen LogP contribution >= 0.6 is 0 Å². The smallest absolute Gasteiger partial charge is 0.415 e. The van der Waals surface area contributed by atoms with Gasteiger partial charge in [-0.25, -0.2) is 9.59 Å².